The lowest BCUT2D eigenvalue weighted by Crippen LogP contribution is -2.48. The first-order chi connectivity index (χ1) is 8.88. The van der Waals surface area contributed by atoms with E-state index in [1.807, 2.05) is 41.5 Å². The Morgan fingerprint density at radius 2 is 1.47 bits per heavy atom. The van der Waals surface area contributed by atoms with Crippen molar-refractivity contribution in [3.05, 3.63) is 0 Å². The van der Waals surface area contributed by atoms with Crippen LogP contribution in [0.2, 0.25) is 0 Å². The van der Waals surface area contributed by atoms with E-state index in [0.29, 0.717) is 19.5 Å². The number of amides is 2. The number of likely N-dealkylation sites (N-methyl/N-ethyl adjacent to an activating group) is 1. The van der Waals surface area contributed by atoms with Crippen LogP contribution in [0.4, 0.5) is 4.39 Å². The fourth-order valence-electron chi connectivity index (χ4n) is 1.29. The summed E-state index contributed by atoms with van der Waals surface area (Å²) in [6, 6.07) is -0.429. The van der Waals surface area contributed by atoms with E-state index < -0.39 is 6.04 Å². The van der Waals surface area contributed by atoms with Crippen LogP contribution in [0.3, 0.4) is 0 Å². The van der Waals surface area contributed by atoms with Gasteiger partial charge in [0.25, 0.3) is 0 Å². The van der Waals surface area contributed by atoms with E-state index in [1.165, 1.54) is 0 Å². The van der Waals surface area contributed by atoms with Gasteiger partial charge in [-0.15, -0.1) is 0 Å². The molecular formula is C14H31FN2O2. The first-order valence-corrected chi connectivity index (χ1v) is 6.77. The zero-order valence-electron chi connectivity index (χ0n) is 13.6. The minimum absolute atomic E-state index is 0.0627. The highest BCUT2D eigenvalue weighted by atomic mass is 19.1. The SMILES string of the molecule is CC.CF.CNC(=O)C(NC(=O)CC(C)C)C(C)C. The maximum Gasteiger partial charge on any atom is 0.242 e. The Hall–Kier alpha value is -1.13. The number of hydrogen-bond donors (Lipinski definition) is 2. The summed E-state index contributed by atoms with van der Waals surface area (Å²) >= 11 is 0. The van der Waals surface area contributed by atoms with Crippen LogP contribution in [0, 0.1) is 11.8 Å². The smallest absolute Gasteiger partial charge is 0.242 e. The summed E-state index contributed by atoms with van der Waals surface area (Å²) in [5.41, 5.74) is 0. The van der Waals surface area contributed by atoms with Gasteiger partial charge < -0.3 is 10.6 Å². The Morgan fingerprint density at radius 1 is 1.05 bits per heavy atom. The average molecular weight is 278 g/mol. The van der Waals surface area contributed by atoms with E-state index in [4.69, 9.17) is 0 Å². The molecule has 19 heavy (non-hydrogen) atoms. The van der Waals surface area contributed by atoms with Gasteiger partial charge in [0, 0.05) is 13.5 Å². The second kappa shape index (κ2) is 14.9. The zero-order valence-corrected chi connectivity index (χ0v) is 13.6. The van der Waals surface area contributed by atoms with Gasteiger partial charge in [-0.25, -0.2) is 0 Å². The van der Waals surface area contributed by atoms with Crippen molar-refractivity contribution in [3.63, 3.8) is 0 Å². The monoisotopic (exact) mass is 278 g/mol. The van der Waals surface area contributed by atoms with Crippen molar-refractivity contribution < 1.29 is 14.0 Å². The normalized spacial score (nSPS) is 10.7. The minimum atomic E-state index is -0.429. The van der Waals surface area contributed by atoms with Crippen LogP contribution in [0.1, 0.15) is 48.0 Å². The minimum Gasteiger partial charge on any atom is -0.357 e. The molecule has 0 spiro atoms. The van der Waals surface area contributed by atoms with Crippen LogP contribution in [0.15, 0.2) is 0 Å². The Labute approximate surface area is 117 Å². The topological polar surface area (TPSA) is 58.2 Å². The van der Waals surface area contributed by atoms with Gasteiger partial charge in [-0.3, -0.25) is 14.0 Å². The number of alkyl halides is 1. The molecule has 2 amide bonds. The molecule has 0 heterocycles. The second-order valence-corrected chi connectivity index (χ2v) is 4.50. The highest BCUT2D eigenvalue weighted by Gasteiger charge is 2.22. The number of rotatable bonds is 5. The summed E-state index contributed by atoms with van der Waals surface area (Å²) in [4.78, 5) is 22.9. The highest BCUT2D eigenvalue weighted by molar-refractivity contribution is 5.87. The lowest BCUT2D eigenvalue weighted by Gasteiger charge is -2.21. The molecule has 0 aliphatic rings. The molecule has 0 aromatic heterocycles. The number of carbonyl (C=O) groups excluding carboxylic acids is 2. The van der Waals surface area contributed by atoms with Gasteiger partial charge in [-0.05, 0) is 11.8 Å². The van der Waals surface area contributed by atoms with Crippen molar-refractivity contribution in [2.45, 2.75) is 54.0 Å². The van der Waals surface area contributed by atoms with Crippen molar-refractivity contribution >= 4 is 11.8 Å². The third-order valence-corrected chi connectivity index (χ3v) is 2.11. The van der Waals surface area contributed by atoms with E-state index in [-0.39, 0.29) is 17.7 Å². The molecule has 0 aromatic rings. The molecular weight excluding hydrogens is 247 g/mol. The molecule has 0 radical (unpaired) electrons. The third-order valence-electron chi connectivity index (χ3n) is 2.11. The predicted octanol–water partition coefficient (Wildman–Crippen LogP) is 2.53. The summed E-state index contributed by atoms with van der Waals surface area (Å²) in [7, 11) is 2.08. The van der Waals surface area contributed by atoms with Crippen molar-refractivity contribution in [1.82, 2.24) is 10.6 Å². The van der Waals surface area contributed by atoms with Gasteiger partial charge in [0.05, 0.1) is 7.18 Å². The van der Waals surface area contributed by atoms with Gasteiger partial charge in [0.15, 0.2) is 0 Å². The Balaban J connectivity index is -0.000000579. The van der Waals surface area contributed by atoms with Gasteiger partial charge in [0.2, 0.25) is 11.8 Å². The molecule has 0 saturated heterocycles. The summed E-state index contributed by atoms with van der Waals surface area (Å²) in [6.45, 7) is 11.8. The lowest BCUT2D eigenvalue weighted by molar-refractivity contribution is -0.130. The number of hydrogen-bond acceptors (Lipinski definition) is 2. The first kappa shape index (κ1) is 23.0. The van der Waals surface area contributed by atoms with Crippen molar-refractivity contribution in [1.29, 1.82) is 0 Å². The molecule has 0 rings (SSSR count). The molecule has 0 aliphatic heterocycles. The Morgan fingerprint density at radius 3 is 1.74 bits per heavy atom. The van der Waals surface area contributed by atoms with Crippen LogP contribution in [0.5, 0.6) is 0 Å². The van der Waals surface area contributed by atoms with Gasteiger partial charge >= 0.3 is 0 Å². The molecule has 0 saturated carbocycles. The van der Waals surface area contributed by atoms with Crippen molar-refractivity contribution in [2.75, 3.05) is 14.2 Å². The molecule has 0 bridgehead atoms. The van der Waals surface area contributed by atoms with Crippen LogP contribution in [-0.4, -0.2) is 32.1 Å². The third kappa shape index (κ3) is 13.1. The standard InChI is InChI=1S/C11H22N2O2.C2H6.CH3F/c1-7(2)6-9(14)13-10(8(3)4)11(15)12-5;2*1-2/h7-8,10H,6H2,1-5H3,(H,12,15)(H,13,14);1-2H3;1H3. The Bertz CT molecular complexity index is 231. The van der Waals surface area contributed by atoms with Crippen LogP contribution >= 0.6 is 0 Å². The average Bonchev–Trinajstić information content (AvgIpc) is 2.38. The summed E-state index contributed by atoms with van der Waals surface area (Å²) in [5, 5.41) is 5.30. The molecule has 0 fully saturated rings. The number of carbonyl (C=O) groups is 2. The van der Waals surface area contributed by atoms with Crippen LogP contribution in [0.25, 0.3) is 0 Å². The van der Waals surface area contributed by atoms with E-state index in [0.717, 1.165) is 0 Å². The van der Waals surface area contributed by atoms with Crippen molar-refractivity contribution in [3.8, 4) is 0 Å². The molecule has 0 aliphatic carbocycles. The highest BCUT2D eigenvalue weighted by Crippen LogP contribution is 2.04. The molecule has 1 unspecified atom stereocenters. The van der Waals surface area contributed by atoms with E-state index in [9.17, 15) is 14.0 Å². The van der Waals surface area contributed by atoms with Crippen molar-refractivity contribution in [2.24, 2.45) is 11.8 Å². The molecule has 5 heteroatoms. The van der Waals surface area contributed by atoms with Gasteiger partial charge in [-0.2, -0.15) is 0 Å². The summed E-state index contributed by atoms with van der Waals surface area (Å²) < 4.78 is 9.50. The molecule has 0 aromatic carbocycles. The predicted molar refractivity (Wildman–Crippen MR) is 78.7 cm³/mol. The van der Waals surface area contributed by atoms with Crippen LogP contribution in [-0.2, 0) is 9.59 Å². The maximum absolute atomic E-state index is 11.5. The van der Waals surface area contributed by atoms with E-state index in [1.54, 1.807) is 7.05 Å². The fraction of sp³-hybridized carbons (Fsp3) is 0.857. The quantitative estimate of drug-likeness (QED) is 0.812. The number of nitrogens with one attached hydrogen (secondary N) is 2. The van der Waals surface area contributed by atoms with Gasteiger partial charge in [0.1, 0.15) is 6.04 Å². The summed E-state index contributed by atoms with van der Waals surface area (Å²) in [6.07, 6.45) is 0.459. The van der Waals surface area contributed by atoms with Gasteiger partial charge in [-0.1, -0.05) is 41.5 Å². The fourth-order valence-corrected chi connectivity index (χ4v) is 1.29. The Kier molecular flexibility index (Phi) is 18.1. The first-order valence-electron chi connectivity index (χ1n) is 6.77. The second-order valence-electron chi connectivity index (χ2n) is 4.50. The zero-order chi connectivity index (χ0) is 16.0. The molecule has 2 N–H and O–H groups in total. The van der Waals surface area contributed by atoms with E-state index in [2.05, 4.69) is 10.6 Å². The largest absolute Gasteiger partial charge is 0.357 e. The molecule has 116 valence electrons. The molecule has 1 atom stereocenters. The molecule has 4 nitrogen and oxygen atoms in total. The number of halogens is 1. The summed E-state index contributed by atoms with van der Waals surface area (Å²) in [5.74, 6) is 0.206. The lowest BCUT2D eigenvalue weighted by atomic mass is 10.0. The van der Waals surface area contributed by atoms with E-state index >= 15 is 0 Å². The maximum atomic E-state index is 11.5. The van der Waals surface area contributed by atoms with Crippen LogP contribution < -0.4 is 10.6 Å².